The average Bonchev–Trinajstić information content (AvgIpc) is 2.26. The third-order valence-electron chi connectivity index (χ3n) is 1.44. The molecule has 11 heavy (non-hydrogen) atoms. The number of ether oxygens (including phenoxy) is 2. The Morgan fingerprint density at radius 1 is 1.64 bits per heavy atom. The van der Waals surface area contributed by atoms with Gasteiger partial charge in [0.1, 0.15) is 6.10 Å². The van der Waals surface area contributed by atoms with Crippen LogP contribution in [0.4, 0.5) is 0 Å². The van der Waals surface area contributed by atoms with Gasteiger partial charge in [0.15, 0.2) is 5.79 Å². The van der Waals surface area contributed by atoms with Crippen LogP contribution in [-0.2, 0) is 13.7 Å². The Morgan fingerprint density at radius 3 is 2.82 bits per heavy atom. The molecule has 0 aromatic rings. The maximum Gasteiger partial charge on any atom is 0.163 e. The van der Waals surface area contributed by atoms with Crippen LogP contribution in [0.15, 0.2) is 0 Å². The van der Waals surface area contributed by atoms with Gasteiger partial charge in [-0.2, -0.15) is 0 Å². The number of hydrogen-bond acceptors (Lipinski definition) is 4. The highest BCUT2D eigenvalue weighted by molar-refractivity contribution is 7.93. The SMILES string of the molecule is CSOCC1COC(C)(C)O1. The molecule has 3 nitrogen and oxygen atoms in total. The van der Waals surface area contributed by atoms with Gasteiger partial charge in [0.25, 0.3) is 0 Å². The van der Waals surface area contributed by atoms with Crippen molar-refractivity contribution in [3.63, 3.8) is 0 Å². The zero-order chi connectivity index (χ0) is 8.32. The summed E-state index contributed by atoms with van der Waals surface area (Å²) in [7, 11) is 0. The van der Waals surface area contributed by atoms with E-state index in [1.807, 2.05) is 20.1 Å². The number of rotatable bonds is 3. The van der Waals surface area contributed by atoms with Crippen molar-refractivity contribution in [2.75, 3.05) is 19.5 Å². The van der Waals surface area contributed by atoms with Gasteiger partial charge in [-0.3, -0.25) is 0 Å². The van der Waals surface area contributed by atoms with Crippen LogP contribution >= 0.6 is 12.0 Å². The Morgan fingerprint density at radius 2 is 2.36 bits per heavy atom. The highest BCUT2D eigenvalue weighted by Crippen LogP contribution is 2.22. The van der Waals surface area contributed by atoms with Gasteiger partial charge in [0, 0.05) is 6.26 Å². The molecule has 0 radical (unpaired) electrons. The molecule has 1 atom stereocenters. The summed E-state index contributed by atoms with van der Waals surface area (Å²) in [5, 5.41) is 0. The van der Waals surface area contributed by atoms with E-state index in [0.717, 1.165) is 0 Å². The minimum Gasteiger partial charge on any atom is -0.348 e. The Kier molecular flexibility index (Phi) is 3.18. The Labute approximate surface area is 71.6 Å². The molecule has 0 aromatic heterocycles. The van der Waals surface area contributed by atoms with Gasteiger partial charge in [-0.15, -0.1) is 0 Å². The van der Waals surface area contributed by atoms with E-state index < -0.39 is 5.79 Å². The molecule has 0 spiro atoms. The number of hydrogen-bond donors (Lipinski definition) is 0. The van der Waals surface area contributed by atoms with Crippen LogP contribution in [0.2, 0.25) is 0 Å². The molecule has 1 unspecified atom stereocenters. The summed E-state index contributed by atoms with van der Waals surface area (Å²) in [5.74, 6) is -0.424. The fourth-order valence-electron chi connectivity index (χ4n) is 0.989. The van der Waals surface area contributed by atoms with E-state index in [1.165, 1.54) is 12.0 Å². The Hall–Kier alpha value is 0.230. The molecule has 1 rings (SSSR count). The van der Waals surface area contributed by atoms with Crippen molar-refractivity contribution >= 4 is 12.0 Å². The lowest BCUT2D eigenvalue weighted by molar-refractivity contribution is -0.141. The molecule has 0 bridgehead atoms. The molecule has 1 heterocycles. The van der Waals surface area contributed by atoms with Gasteiger partial charge in [0.2, 0.25) is 0 Å². The first kappa shape index (κ1) is 9.32. The van der Waals surface area contributed by atoms with Crippen LogP contribution in [0.3, 0.4) is 0 Å². The monoisotopic (exact) mass is 178 g/mol. The normalized spacial score (nSPS) is 29.2. The Bertz CT molecular complexity index is 127. The van der Waals surface area contributed by atoms with Crippen LogP contribution in [0.5, 0.6) is 0 Å². The van der Waals surface area contributed by atoms with Crippen molar-refractivity contribution in [2.24, 2.45) is 0 Å². The fourth-order valence-corrected chi connectivity index (χ4v) is 1.28. The zero-order valence-electron chi connectivity index (χ0n) is 7.12. The summed E-state index contributed by atoms with van der Waals surface area (Å²) in [5.41, 5.74) is 0. The fraction of sp³-hybridized carbons (Fsp3) is 1.00. The second kappa shape index (κ2) is 3.76. The molecule has 66 valence electrons. The molecule has 0 saturated carbocycles. The maximum absolute atomic E-state index is 5.49. The van der Waals surface area contributed by atoms with Gasteiger partial charge in [-0.05, 0) is 25.9 Å². The van der Waals surface area contributed by atoms with E-state index in [-0.39, 0.29) is 6.10 Å². The summed E-state index contributed by atoms with van der Waals surface area (Å²) in [6.45, 7) is 5.05. The largest absolute Gasteiger partial charge is 0.348 e. The van der Waals surface area contributed by atoms with Crippen LogP contribution < -0.4 is 0 Å². The van der Waals surface area contributed by atoms with Crippen molar-refractivity contribution in [3.05, 3.63) is 0 Å². The topological polar surface area (TPSA) is 27.7 Å². The summed E-state index contributed by atoms with van der Waals surface area (Å²) in [6.07, 6.45) is 1.98. The quantitative estimate of drug-likeness (QED) is 0.611. The van der Waals surface area contributed by atoms with Gasteiger partial charge < -0.3 is 13.7 Å². The lowest BCUT2D eigenvalue weighted by atomic mass is 10.4. The van der Waals surface area contributed by atoms with E-state index >= 15 is 0 Å². The molecule has 1 saturated heterocycles. The zero-order valence-corrected chi connectivity index (χ0v) is 7.94. The smallest absolute Gasteiger partial charge is 0.163 e. The predicted octanol–water partition coefficient (Wildman–Crippen LogP) is 1.43. The molecule has 1 fully saturated rings. The minimum atomic E-state index is -0.424. The van der Waals surface area contributed by atoms with Crippen LogP contribution in [-0.4, -0.2) is 31.4 Å². The maximum atomic E-state index is 5.49. The minimum absolute atomic E-state index is 0.0949. The summed E-state index contributed by atoms with van der Waals surface area (Å²) < 4.78 is 16.0. The molecule has 0 aliphatic carbocycles. The molecular weight excluding hydrogens is 164 g/mol. The predicted molar refractivity (Wildman–Crippen MR) is 44.4 cm³/mol. The first-order valence-corrected chi connectivity index (χ1v) is 4.76. The average molecular weight is 178 g/mol. The lowest BCUT2D eigenvalue weighted by Crippen LogP contribution is -2.23. The third-order valence-corrected chi connectivity index (χ3v) is 1.81. The van der Waals surface area contributed by atoms with Crippen molar-refractivity contribution in [3.8, 4) is 0 Å². The van der Waals surface area contributed by atoms with Crippen LogP contribution in [0, 0.1) is 0 Å². The molecule has 0 aromatic carbocycles. The standard InChI is InChI=1S/C7H14O3S/c1-7(2)8-4-6(10-7)5-9-11-3/h6H,4-5H2,1-3H3. The summed E-state index contributed by atoms with van der Waals surface area (Å²) >= 11 is 1.35. The van der Waals surface area contributed by atoms with Crippen LogP contribution in [0.1, 0.15) is 13.8 Å². The van der Waals surface area contributed by atoms with Crippen molar-refractivity contribution in [1.82, 2.24) is 0 Å². The van der Waals surface area contributed by atoms with E-state index in [1.54, 1.807) is 0 Å². The van der Waals surface area contributed by atoms with Crippen molar-refractivity contribution in [2.45, 2.75) is 25.7 Å². The molecule has 4 heteroatoms. The van der Waals surface area contributed by atoms with E-state index in [4.69, 9.17) is 13.7 Å². The van der Waals surface area contributed by atoms with Gasteiger partial charge >= 0.3 is 0 Å². The Balaban J connectivity index is 2.20. The van der Waals surface area contributed by atoms with E-state index in [2.05, 4.69) is 0 Å². The lowest BCUT2D eigenvalue weighted by Gasteiger charge is -2.16. The molecule has 0 amide bonds. The van der Waals surface area contributed by atoms with Crippen molar-refractivity contribution in [1.29, 1.82) is 0 Å². The highest BCUT2D eigenvalue weighted by atomic mass is 32.2. The van der Waals surface area contributed by atoms with Gasteiger partial charge in [0.05, 0.1) is 13.2 Å². The molecular formula is C7H14O3S. The first-order chi connectivity index (χ1) is 5.14. The highest BCUT2D eigenvalue weighted by Gasteiger charge is 2.32. The second-order valence-electron chi connectivity index (χ2n) is 2.90. The van der Waals surface area contributed by atoms with Crippen molar-refractivity contribution < 1.29 is 13.7 Å². The van der Waals surface area contributed by atoms with Gasteiger partial charge in [-0.25, -0.2) is 0 Å². The van der Waals surface area contributed by atoms with E-state index in [0.29, 0.717) is 13.2 Å². The second-order valence-corrected chi connectivity index (χ2v) is 3.47. The van der Waals surface area contributed by atoms with E-state index in [9.17, 15) is 0 Å². The molecule has 0 N–H and O–H groups in total. The summed E-state index contributed by atoms with van der Waals surface area (Å²) in [4.78, 5) is 0. The van der Waals surface area contributed by atoms with Gasteiger partial charge in [-0.1, -0.05) is 0 Å². The summed E-state index contributed by atoms with van der Waals surface area (Å²) in [6, 6.07) is 0. The third kappa shape index (κ3) is 2.99. The molecule has 1 aliphatic heterocycles. The first-order valence-electron chi connectivity index (χ1n) is 3.61. The molecule has 1 aliphatic rings. The van der Waals surface area contributed by atoms with Crippen LogP contribution in [0.25, 0.3) is 0 Å².